The number of carboxylic acids is 1. The van der Waals surface area contributed by atoms with E-state index in [0.717, 1.165) is 0 Å². The van der Waals surface area contributed by atoms with E-state index in [2.05, 4.69) is 25.9 Å². The minimum absolute atomic E-state index is 0.174. The first-order valence-electron chi connectivity index (χ1n) is 8.21. The highest BCUT2D eigenvalue weighted by molar-refractivity contribution is 5.94. The number of amides is 4. The van der Waals surface area contributed by atoms with Crippen molar-refractivity contribution >= 4 is 29.6 Å². The number of aromatic amines is 1. The molecule has 0 aliphatic rings. The fourth-order valence-corrected chi connectivity index (χ4v) is 2.06. The third-order valence-electron chi connectivity index (χ3n) is 3.54. The zero-order valence-electron chi connectivity index (χ0n) is 15.1. The number of nitrogens with two attached hydrogens (primary N) is 2. The molecule has 3 unspecified atom stereocenters. The van der Waals surface area contributed by atoms with Crippen molar-refractivity contribution in [3.63, 3.8) is 0 Å². The van der Waals surface area contributed by atoms with E-state index < -0.39 is 60.7 Å². The van der Waals surface area contributed by atoms with Crippen LogP contribution in [0, 0.1) is 0 Å². The monoisotopic (exact) mass is 397 g/mol. The van der Waals surface area contributed by atoms with Crippen LogP contribution < -0.4 is 27.4 Å². The number of nitrogens with one attached hydrogen (secondary N) is 4. The molecule has 0 fully saturated rings. The van der Waals surface area contributed by atoms with Crippen LogP contribution in [-0.4, -0.2) is 69.3 Å². The van der Waals surface area contributed by atoms with Crippen LogP contribution in [0.25, 0.3) is 0 Å². The lowest BCUT2D eigenvalue weighted by Crippen LogP contribution is -2.54. The van der Waals surface area contributed by atoms with Crippen molar-refractivity contribution in [2.75, 3.05) is 6.54 Å². The Balaban J connectivity index is 2.55. The standard InChI is InChI=1S/C15H23N7O6/c1-7(15(27)28)21-14(26)10(3-11(17)23)22-12(24)5-19-13(25)9(16)2-8-4-18-6-20-8/h4,6-7,9-10H,2-3,5,16H2,1H3,(H2,17,23)(H,18,20)(H,19,25)(H,21,26)(H,22,24)(H,27,28). The Kier molecular flexibility index (Phi) is 8.55. The smallest absolute Gasteiger partial charge is 0.325 e. The molecule has 1 aromatic rings. The molecular weight excluding hydrogens is 374 g/mol. The number of carbonyl (C=O) groups excluding carboxylic acids is 4. The van der Waals surface area contributed by atoms with Gasteiger partial charge in [-0.3, -0.25) is 24.0 Å². The first-order chi connectivity index (χ1) is 13.1. The molecule has 1 heterocycles. The molecule has 0 bridgehead atoms. The summed E-state index contributed by atoms with van der Waals surface area (Å²) in [5, 5.41) is 15.4. The summed E-state index contributed by atoms with van der Waals surface area (Å²) in [6.45, 7) is 0.706. The predicted molar refractivity (Wildman–Crippen MR) is 94.3 cm³/mol. The molecule has 13 nitrogen and oxygen atoms in total. The molecule has 0 saturated heterocycles. The number of hydrogen-bond acceptors (Lipinski definition) is 7. The molecule has 154 valence electrons. The molecule has 0 aliphatic heterocycles. The zero-order chi connectivity index (χ0) is 21.3. The van der Waals surface area contributed by atoms with E-state index >= 15 is 0 Å². The van der Waals surface area contributed by atoms with Gasteiger partial charge in [0.15, 0.2) is 0 Å². The highest BCUT2D eigenvalue weighted by atomic mass is 16.4. The SMILES string of the molecule is CC(NC(=O)C(CC(N)=O)NC(=O)CNC(=O)C(N)Cc1cnc[nH]1)C(=O)O. The van der Waals surface area contributed by atoms with Gasteiger partial charge in [0.2, 0.25) is 23.6 Å². The van der Waals surface area contributed by atoms with Crippen LogP contribution in [0.15, 0.2) is 12.5 Å². The van der Waals surface area contributed by atoms with Gasteiger partial charge < -0.3 is 37.5 Å². The second kappa shape index (κ2) is 10.6. The third kappa shape index (κ3) is 7.82. The summed E-state index contributed by atoms with van der Waals surface area (Å²) in [7, 11) is 0. The number of hydrogen-bond donors (Lipinski definition) is 7. The summed E-state index contributed by atoms with van der Waals surface area (Å²) >= 11 is 0. The molecule has 0 spiro atoms. The summed E-state index contributed by atoms with van der Waals surface area (Å²) in [6, 6.07) is -3.56. The average molecular weight is 397 g/mol. The van der Waals surface area contributed by atoms with Crippen molar-refractivity contribution in [3.8, 4) is 0 Å². The lowest BCUT2D eigenvalue weighted by atomic mass is 10.1. The minimum atomic E-state index is -1.39. The number of carbonyl (C=O) groups is 5. The largest absolute Gasteiger partial charge is 0.480 e. The van der Waals surface area contributed by atoms with Gasteiger partial charge in [-0.15, -0.1) is 0 Å². The summed E-state index contributed by atoms with van der Waals surface area (Å²) in [5.74, 6) is -4.47. The number of H-pyrrole nitrogens is 1. The molecule has 0 radical (unpaired) electrons. The van der Waals surface area contributed by atoms with Crippen molar-refractivity contribution in [1.29, 1.82) is 0 Å². The average Bonchev–Trinajstić information content (AvgIpc) is 3.11. The molecule has 4 amide bonds. The summed E-state index contributed by atoms with van der Waals surface area (Å²) in [5.41, 5.74) is 11.4. The lowest BCUT2D eigenvalue weighted by Gasteiger charge is -2.19. The Morgan fingerprint density at radius 3 is 2.43 bits per heavy atom. The first kappa shape index (κ1) is 22.6. The molecule has 28 heavy (non-hydrogen) atoms. The molecule has 1 aromatic heterocycles. The Bertz CT molecular complexity index is 720. The van der Waals surface area contributed by atoms with Crippen molar-refractivity contribution in [2.24, 2.45) is 11.5 Å². The summed E-state index contributed by atoms with van der Waals surface area (Å²) in [6.07, 6.45) is 2.57. The van der Waals surface area contributed by atoms with E-state index in [1.54, 1.807) is 0 Å². The second-order valence-corrected chi connectivity index (χ2v) is 5.96. The Morgan fingerprint density at radius 2 is 1.89 bits per heavy atom. The topological polar surface area (TPSA) is 222 Å². The fraction of sp³-hybridized carbons (Fsp3) is 0.467. The Labute approximate surface area is 159 Å². The third-order valence-corrected chi connectivity index (χ3v) is 3.54. The van der Waals surface area contributed by atoms with Gasteiger partial charge in [-0.05, 0) is 6.92 Å². The molecule has 9 N–H and O–H groups in total. The molecule has 13 heteroatoms. The van der Waals surface area contributed by atoms with Crippen LogP contribution in [0.5, 0.6) is 0 Å². The van der Waals surface area contributed by atoms with Crippen LogP contribution in [0.1, 0.15) is 19.0 Å². The van der Waals surface area contributed by atoms with Crippen LogP contribution >= 0.6 is 0 Å². The maximum absolute atomic E-state index is 12.0. The number of rotatable bonds is 11. The van der Waals surface area contributed by atoms with Crippen LogP contribution in [0.3, 0.4) is 0 Å². The van der Waals surface area contributed by atoms with E-state index in [-0.39, 0.29) is 6.42 Å². The van der Waals surface area contributed by atoms with Gasteiger partial charge in [0.05, 0.1) is 25.3 Å². The Hall–Kier alpha value is -3.48. The first-order valence-corrected chi connectivity index (χ1v) is 8.21. The van der Waals surface area contributed by atoms with Gasteiger partial charge in [0, 0.05) is 18.3 Å². The molecule has 0 saturated carbocycles. The normalized spacial score (nSPS) is 13.6. The highest BCUT2D eigenvalue weighted by Gasteiger charge is 2.26. The van der Waals surface area contributed by atoms with Crippen LogP contribution in [-0.2, 0) is 30.4 Å². The van der Waals surface area contributed by atoms with Gasteiger partial charge in [-0.2, -0.15) is 0 Å². The number of aliphatic carboxylic acids is 1. The van der Waals surface area contributed by atoms with Gasteiger partial charge >= 0.3 is 5.97 Å². The van der Waals surface area contributed by atoms with Gasteiger partial charge in [-0.25, -0.2) is 4.98 Å². The number of nitrogens with zero attached hydrogens (tertiary/aromatic N) is 1. The molecule has 1 rings (SSSR count). The molecule has 3 atom stereocenters. The van der Waals surface area contributed by atoms with Crippen LogP contribution in [0.2, 0.25) is 0 Å². The minimum Gasteiger partial charge on any atom is -0.480 e. The molecular formula is C15H23N7O6. The molecule has 0 aromatic carbocycles. The van der Waals surface area contributed by atoms with E-state index in [9.17, 15) is 24.0 Å². The number of aromatic nitrogens is 2. The van der Waals surface area contributed by atoms with Crippen LogP contribution in [0.4, 0.5) is 0 Å². The quantitative estimate of drug-likeness (QED) is 0.197. The van der Waals surface area contributed by atoms with E-state index in [1.165, 1.54) is 19.4 Å². The maximum Gasteiger partial charge on any atom is 0.325 e. The van der Waals surface area contributed by atoms with Gasteiger partial charge in [0.25, 0.3) is 0 Å². The van der Waals surface area contributed by atoms with Gasteiger partial charge in [0.1, 0.15) is 12.1 Å². The predicted octanol–water partition coefficient (Wildman–Crippen LogP) is -3.65. The number of carboxylic acid groups (broad SMARTS) is 1. The van der Waals surface area contributed by atoms with E-state index in [4.69, 9.17) is 16.6 Å². The number of imidazole rings is 1. The van der Waals surface area contributed by atoms with Crippen molar-refractivity contribution in [2.45, 2.75) is 37.9 Å². The van der Waals surface area contributed by atoms with Gasteiger partial charge in [-0.1, -0.05) is 0 Å². The van der Waals surface area contributed by atoms with Crippen molar-refractivity contribution in [3.05, 3.63) is 18.2 Å². The van der Waals surface area contributed by atoms with E-state index in [1.807, 2.05) is 0 Å². The van der Waals surface area contributed by atoms with Crippen molar-refractivity contribution < 1.29 is 29.1 Å². The lowest BCUT2D eigenvalue weighted by molar-refractivity contribution is -0.141. The van der Waals surface area contributed by atoms with Crippen molar-refractivity contribution in [1.82, 2.24) is 25.9 Å². The zero-order valence-corrected chi connectivity index (χ0v) is 15.1. The second-order valence-electron chi connectivity index (χ2n) is 5.96. The summed E-state index contributed by atoms with van der Waals surface area (Å²) in [4.78, 5) is 64.4. The molecule has 0 aliphatic carbocycles. The Morgan fingerprint density at radius 1 is 1.21 bits per heavy atom. The fourth-order valence-electron chi connectivity index (χ4n) is 2.06. The maximum atomic E-state index is 12.0. The highest BCUT2D eigenvalue weighted by Crippen LogP contribution is 1.97. The summed E-state index contributed by atoms with van der Waals surface area (Å²) < 4.78 is 0. The van der Waals surface area contributed by atoms with E-state index in [0.29, 0.717) is 5.69 Å². The number of primary amides is 1.